The lowest BCUT2D eigenvalue weighted by atomic mass is 10.00. The molecule has 6 nitrogen and oxygen atoms in total. The SMILES string of the molecule is CCCn1cc(C(=O)N2CC[C@H](c3cccnc3OC)C2)cn1. The lowest BCUT2D eigenvalue weighted by molar-refractivity contribution is 0.0790. The number of nitrogens with zero attached hydrogens (tertiary/aromatic N) is 4. The van der Waals surface area contributed by atoms with Crippen LogP contribution in [0.15, 0.2) is 30.7 Å². The number of aromatic nitrogens is 3. The predicted octanol–water partition coefficient (Wildman–Crippen LogP) is 2.33. The summed E-state index contributed by atoms with van der Waals surface area (Å²) in [7, 11) is 1.63. The highest BCUT2D eigenvalue weighted by atomic mass is 16.5. The molecule has 0 bridgehead atoms. The molecule has 6 heteroatoms. The molecule has 1 saturated heterocycles. The van der Waals surface area contributed by atoms with E-state index in [-0.39, 0.29) is 11.8 Å². The molecule has 1 amide bonds. The fraction of sp³-hybridized carbons (Fsp3) is 0.471. The number of rotatable bonds is 5. The number of pyridine rings is 1. The average molecular weight is 314 g/mol. The Bertz CT molecular complexity index is 683. The van der Waals surface area contributed by atoms with E-state index in [9.17, 15) is 4.79 Å². The number of hydrogen-bond acceptors (Lipinski definition) is 4. The van der Waals surface area contributed by atoms with E-state index in [0.29, 0.717) is 18.0 Å². The van der Waals surface area contributed by atoms with Gasteiger partial charge >= 0.3 is 0 Å². The fourth-order valence-corrected chi connectivity index (χ4v) is 3.09. The number of methoxy groups -OCH3 is 1. The third-order valence-electron chi connectivity index (χ3n) is 4.24. The maximum atomic E-state index is 12.6. The van der Waals surface area contributed by atoms with E-state index < -0.39 is 0 Å². The van der Waals surface area contributed by atoms with E-state index in [4.69, 9.17) is 4.74 Å². The summed E-state index contributed by atoms with van der Waals surface area (Å²) in [6.07, 6.45) is 7.15. The zero-order valence-corrected chi connectivity index (χ0v) is 13.6. The van der Waals surface area contributed by atoms with Crippen LogP contribution >= 0.6 is 0 Å². The van der Waals surface area contributed by atoms with Crippen LogP contribution in [-0.2, 0) is 6.54 Å². The van der Waals surface area contributed by atoms with Crippen molar-refractivity contribution in [1.29, 1.82) is 0 Å². The Morgan fingerprint density at radius 2 is 2.35 bits per heavy atom. The fourth-order valence-electron chi connectivity index (χ4n) is 3.09. The van der Waals surface area contributed by atoms with Crippen molar-refractivity contribution in [2.24, 2.45) is 0 Å². The topological polar surface area (TPSA) is 60.2 Å². The molecule has 0 N–H and O–H groups in total. The second kappa shape index (κ2) is 6.81. The van der Waals surface area contributed by atoms with Crippen molar-refractivity contribution < 1.29 is 9.53 Å². The summed E-state index contributed by atoms with van der Waals surface area (Å²) >= 11 is 0. The van der Waals surface area contributed by atoms with Crippen LogP contribution in [0, 0.1) is 0 Å². The first kappa shape index (κ1) is 15.5. The quantitative estimate of drug-likeness (QED) is 0.850. The van der Waals surface area contributed by atoms with Crippen molar-refractivity contribution in [3.63, 3.8) is 0 Å². The van der Waals surface area contributed by atoms with Gasteiger partial charge in [-0.2, -0.15) is 5.10 Å². The lowest BCUT2D eigenvalue weighted by Crippen LogP contribution is -2.28. The minimum absolute atomic E-state index is 0.0534. The van der Waals surface area contributed by atoms with E-state index in [1.54, 1.807) is 19.5 Å². The lowest BCUT2D eigenvalue weighted by Gasteiger charge is -2.16. The zero-order valence-electron chi connectivity index (χ0n) is 13.6. The van der Waals surface area contributed by atoms with Gasteiger partial charge in [-0.25, -0.2) is 4.98 Å². The Morgan fingerprint density at radius 3 is 3.13 bits per heavy atom. The number of carbonyl (C=O) groups is 1. The Labute approximate surface area is 136 Å². The van der Waals surface area contributed by atoms with Gasteiger partial charge in [-0.1, -0.05) is 13.0 Å². The van der Waals surface area contributed by atoms with Crippen molar-refractivity contribution >= 4 is 5.91 Å². The zero-order chi connectivity index (χ0) is 16.2. The van der Waals surface area contributed by atoms with Gasteiger partial charge in [0.25, 0.3) is 5.91 Å². The molecule has 0 unspecified atom stereocenters. The van der Waals surface area contributed by atoms with Crippen LogP contribution in [0.2, 0.25) is 0 Å². The molecular weight excluding hydrogens is 292 g/mol. The van der Waals surface area contributed by atoms with Crippen molar-refractivity contribution in [3.8, 4) is 5.88 Å². The van der Waals surface area contributed by atoms with Crippen LogP contribution in [-0.4, -0.2) is 45.8 Å². The highest BCUT2D eigenvalue weighted by Gasteiger charge is 2.30. The highest BCUT2D eigenvalue weighted by Crippen LogP contribution is 2.32. The van der Waals surface area contributed by atoms with E-state index in [1.165, 1.54) is 0 Å². The minimum atomic E-state index is 0.0534. The first-order valence-electron chi connectivity index (χ1n) is 8.03. The van der Waals surface area contributed by atoms with Crippen LogP contribution in [0.4, 0.5) is 0 Å². The number of hydrogen-bond donors (Lipinski definition) is 0. The van der Waals surface area contributed by atoms with E-state index >= 15 is 0 Å². The molecular formula is C17H22N4O2. The second-order valence-electron chi connectivity index (χ2n) is 5.83. The maximum Gasteiger partial charge on any atom is 0.257 e. The Balaban J connectivity index is 1.70. The van der Waals surface area contributed by atoms with Crippen LogP contribution in [0.5, 0.6) is 5.88 Å². The monoisotopic (exact) mass is 314 g/mol. The first-order valence-corrected chi connectivity index (χ1v) is 8.03. The number of likely N-dealkylation sites (tertiary alicyclic amines) is 1. The molecule has 1 atom stereocenters. The van der Waals surface area contributed by atoms with E-state index in [2.05, 4.69) is 17.0 Å². The van der Waals surface area contributed by atoms with Gasteiger partial charge in [-0.05, 0) is 18.9 Å². The highest BCUT2D eigenvalue weighted by molar-refractivity contribution is 5.94. The molecule has 23 heavy (non-hydrogen) atoms. The van der Waals surface area contributed by atoms with Crippen molar-refractivity contribution in [2.75, 3.05) is 20.2 Å². The van der Waals surface area contributed by atoms with Gasteiger partial charge in [-0.15, -0.1) is 0 Å². The van der Waals surface area contributed by atoms with E-state index in [1.807, 2.05) is 27.9 Å². The number of ether oxygens (including phenoxy) is 1. The summed E-state index contributed by atoms with van der Waals surface area (Å²) in [5.74, 6) is 0.980. The molecule has 0 radical (unpaired) electrons. The largest absolute Gasteiger partial charge is 0.481 e. The molecule has 1 aliphatic heterocycles. The summed E-state index contributed by atoms with van der Waals surface area (Å²) in [4.78, 5) is 18.8. The third-order valence-corrected chi connectivity index (χ3v) is 4.24. The third kappa shape index (κ3) is 3.21. The summed E-state index contributed by atoms with van der Waals surface area (Å²) in [6.45, 7) is 4.37. The molecule has 3 heterocycles. The molecule has 2 aromatic heterocycles. The van der Waals surface area contributed by atoms with Gasteiger partial charge in [0.2, 0.25) is 5.88 Å². The summed E-state index contributed by atoms with van der Waals surface area (Å²) in [5.41, 5.74) is 1.74. The number of carbonyl (C=O) groups excluding carboxylic acids is 1. The number of aryl methyl sites for hydroxylation is 1. The minimum Gasteiger partial charge on any atom is -0.481 e. The summed E-state index contributed by atoms with van der Waals surface area (Å²) in [5, 5.41) is 4.24. The molecule has 2 aromatic rings. The first-order chi connectivity index (χ1) is 11.2. The average Bonchev–Trinajstić information content (AvgIpc) is 3.24. The molecule has 1 fully saturated rings. The summed E-state index contributed by atoms with van der Waals surface area (Å²) in [6, 6.07) is 3.95. The van der Waals surface area contributed by atoms with Gasteiger partial charge in [0.15, 0.2) is 0 Å². The van der Waals surface area contributed by atoms with Crippen molar-refractivity contribution in [2.45, 2.75) is 32.2 Å². The Kier molecular flexibility index (Phi) is 4.60. The van der Waals surface area contributed by atoms with Crippen LogP contribution in [0.1, 0.15) is 41.6 Å². The van der Waals surface area contributed by atoms with E-state index in [0.717, 1.165) is 31.5 Å². The van der Waals surface area contributed by atoms with Gasteiger partial charge in [0.1, 0.15) is 0 Å². The van der Waals surface area contributed by atoms with Crippen molar-refractivity contribution in [1.82, 2.24) is 19.7 Å². The normalized spacial score (nSPS) is 17.5. The summed E-state index contributed by atoms with van der Waals surface area (Å²) < 4.78 is 7.16. The van der Waals surface area contributed by atoms with Gasteiger partial charge in [-0.3, -0.25) is 9.48 Å². The van der Waals surface area contributed by atoms with Crippen LogP contribution in [0.25, 0.3) is 0 Å². The molecule has 0 saturated carbocycles. The molecule has 0 spiro atoms. The molecule has 122 valence electrons. The maximum absolute atomic E-state index is 12.6. The Hall–Kier alpha value is -2.37. The van der Waals surface area contributed by atoms with Crippen LogP contribution in [0.3, 0.4) is 0 Å². The Morgan fingerprint density at radius 1 is 1.48 bits per heavy atom. The van der Waals surface area contributed by atoms with Crippen molar-refractivity contribution in [3.05, 3.63) is 41.9 Å². The smallest absolute Gasteiger partial charge is 0.257 e. The van der Waals surface area contributed by atoms with Gasteiger partial charge in [0.05, 0.1) is 18.9 Å². The molecule has 1 aliphatic rings. The predicted molar refractivity (Wildman–Crippen MR) is 86.6 cm³/mol. The van der Waals surface area contributed by atoms with Crippen LogP contribution < -0.4 is 4.74 Å². The van der Waals surface area contributed by atoms with Gasteiger partial charge in [0, 0.05) is 43.5 Å². The molecule has 3 rings (SSSR count). The standard InChI is InChI=1S/C17H22N4O2/c1-3-8-21-12-14(10-19-21)17(22)20-9-6-13(11-20)15-5-4-7-18-16(15)23-2/h4-5,7,10,12-13H,3,6,8-9,11H2,1-2H3/t13-/m0/s1. The second-order valence-corrected chi connectivity index (χ2v) is 5.83. The number of amides is 1. The molecule has 0 aliphatic carbocycles. The van der Waals surface area contributed by atoms with Gasteiger partial charge < -0.3 is 9.64 Å². The molecule has 0 aromatic carbocycles.